The van der Waals surface area contributed by atoms with Crippen LogP contribution in [0.15, 0.2) is 34.7 Å². The molecule has 5 aliphatic rings. The van der Waals surface area contributed by atoms with Crippen LogP contribution in [0.3, 0.4) is 0 Å². The highest BCUT2D eigenvalue weighted by molar-refractivity contribution is 5.45. The van der Waals surface area contributed by atoms with Crippen LogP contribution >= 0.6 is 0 Å². The Morgan fingerprint density at radius 1 is 1.14 bits per heavy atom. The van der Waals surface area contributed by atoms with Gasteiger partial charge >= 0.3 is 6.08 Å². The van der Waals surface area contributed by atoms with Crippen LogP contribution in [0.1, 0.15) is 64.7 Å². The van der Waals surface area contributed by atoms with Crippen molar-refractivity contribution in [3.63, 3.8) is 0 Å². The minimum absolute atomic E-state index is 0.201. The van der Waals surface area contributed by atoms with Crippen molar-refractivity contribution in [2.45, 2.75) is 76.1 Å². The molecule has 5 rings (SSSR count). The molecule has 0 aromatic heterocycles. The van der Waals surface area contributed by atoms with Crippen LogP contribution in [0.4, 0.5) is 13.2 Å². The Morgan fingerprint density at radius 3 is 2.62 bits per heavy atom. The van der Waals surface area contributed by atoms with Gasteiger partial charge in [0.05, 0.1) is 18.8 Å². The zero-order valence-electron chi connectivity index (χ0n) is 16.9. The molecule has 1 aliphatic heterocycles. The smallest absolute Gasteiger partial charge is 0.301 e. The molecule has 0 aromatic carbocycles. The van der Waals surface area contributed by atoms with Crippen LogP contribution in [0, 0.1) is 17.3 Å². The average molecular weight is 410 g/mol. The summed E-state index contributed by atoms with van der Waals surface area (Å²) in [5.41, 5.74) is 2.28. The van der Waals surface area contributed by atoms with Crippen LogP contribution in [0.5, 0.6) is 0 Å². The number of ether oxygens (including phenoxy) is 2. The SMILES string of the molecule is C[C@]12CC=C3C4=C(CCC3C1CC[C@@]2(O)CC(F)=C(F)F)CC1(CC4)OCCO1. The molecule has 160 valence electrons. The summed E-state index contributed by atoms with van der Waals surface area (Å²) in [6.07, 6.45) is 5.70. The van der Waals surface area contributed by atoms with Gasteiger partial charge in [0.1, 0.15) is 0 Å². The highest BCUT2D eigenvalue weighted by Crippen LogP contribution is 2.64. The van der Waals surface area contributed by atoms with Gasteiger partial charge in [-0.25, -0.2) is 4.39 Å². The minimum atomic E-state index is -2.31. The molecule has 0 aromatic rings. The molecule has 4 aliphatic carbocycles. The van der Waals surface area contributed by atoms with Crippen molar-refractivity contribution in [1.29, 1.82) is 0 Å². The average Bonchev–Trinajstić information content (AvgIpc) is 3.24. The van der Waals surface area contributed by atoms with Crippen LogP contribution in [0.2, 0.25) is 0 Å². The maximum Gasteiger partial charge on any atom is 0.301 e. The predicted octanol–water partition coefficient (Wildman–Crippen LogP) is 5.57. The molecule has 2 fully saturated rings. The Morgan fingerprint density at radius 2 is 1.90 bits per heavy atom. The Bertz CT molecular complexity index is 806. The summed E-state index contributed by atoms with van der Waals surface area (Å²) in [6, 6.07) is 0. The predicted molar refractivity (Wildman–Crippen MR) is 102 cm³/mol. The van der Waals surface area contributed by atoms with E-state index in [1.807, 2.05) is 6.92 Å². The van der Waals surface area contributed by atoms with E-state index in [0.717, 1.165) is 38.5 Å². The molecule has 1 heterocycles. The molecule has 0 radical (unpaired) electrons. The quantitative estimate of drug-likeness (QED) is 0.647. The van der Waals surface area contributed by atoms with Crippen LogP contribution in [0.25, 0.3) is 0 Å². The van der Waals surface area contributed by atoms with E-state index >= 15 is 0 Å². The first-order valence-corrected chi connectivity index (χ1v) is 10.9. The van der Waals surface area contributed by atoms with Crippen LogP contribution in [-0.4, -0.2) is 29.7 Å². The molecule has 1 spiro atoms. The van der Waals surface area contributed by atoms with E-state index < -0.39 is 35.1 Å². The zero-order valence-corrected chi connectivity index (χ0v) is 16.9. The molecule has 0 bridgehead atoms. The molecule has 1 saturated carbocycles. The summed E-state index contributed by atoms with van der Waals surface area (Å²) in [4.78, 5) is 0. The Hall–Kier alpha value is -1.11. The lowest BCUT2D eigenvalue weighted by Gasteiger charge is -2.51. The fourth-order valence-corrected chi connectivity index (χ4v) is 7.01. The maximum atomic E-state index is 13.8. The monoisotopic (exact) mass is 410 g/mol. The van der Waals surface area contributed by atoms with Gasteiger partial charge < -0.3 is 14.6 Å². The molecular formula is C23H29F3O3. The molecule has 4 atom stereocenters. The van der Waals surface area contributed by atoms with Crippen LogP contribution < -0.4 is 0 Å². The van der Waals surface area contributed by atoms with Gasteiger partial charge in [-0.05, 0) is 61.5 Å². The van der Waals surface area contributed by atoms with Crippen molar-refractivity contribution in [3.05, 3.63) is 34.7 Å². The third-order valence-corrected chi connectivity index (χ3v) is 8.62. The van der Waals surface area contributed by atoms with Gasteiger partial charge in [0.15, 0.2) is 11.6 Å². The number of aliphatic hydroxyl groups is 1. The van der Waals surface area contributed by atoms with E-state index in [1.54, 1.807) is 0 Å². The molecular weight excluding hydrogens is 381 g/mol. The lowest BCUT2D eigenvalue weighted by atomic mass is 9.55. The van der Waals surface area contributed by atoms with Gasteiger partial charge in [-0.3, -0.25) is 0 Å². The standard InChI is InChI=1S/C23H29F3O3/c1-21-7-4-16-15-5-9-23(28-10-11-29-23)12-14(15)2-3-17(16)18(21)6-8-22(21,27)13-19(24)20(25)26/h4,17-18,27H,2-3,5-13H2,1H3/t17?,18?,21-,22+/m0/s1. The second-order valence-corrected chi connectivity index (χ2v) is 9.81. The largest absolute Gasteiger partial charge is 0.389 e. The molecule has 29 heavy (non-hydrogen) atoms. The van der Waals surface area contributed by atoms with Gasteiger partial charge in [0.25, 0.3) is 0 Å². The highest BCUT2D eigenvalue weighted by atomic mass is 19.3. The lowest BCUT2D eigenvalue weighted by Crippen LogP contribution is -2.49. The molecule has 1 N–H and O–H groups in total. The molecule has 2 unspecified atom stereocenters. The Balaban J connectivity index is 1.44. The number of halogens is 3. The summed E-state index contributed by atoms with van der Waals surface area (Å²) in [5, 5.41) is 11.2. The van der Waals surface area contributed by atoms with Crippen LogP contribution in [-0.2, 0) is 9.47 Å². The fraction of sp³-hybridized carbons (Fsp3) is 0.739. The normalized spacial score (nSPS) is 40.4. The van der Waals surface area contributed by atoms with Crippen molar-refractivity contribution in [3.8, 4) is 0 Å². The first-order valence-electron chi connectivity index (χ1n) is 10.9. The minimum Gasteiger partial charge on any atom is -0.389 e. The number of rotatable bonds is 2. The fourth-order valence-electron chi connectivity index (χ4n) is 7.01. The summed E-state index contributed by atoms with van der Waals surface area (Å²) in [5.74, 6) is -1.37. The summed E-state index contributed by atoms with van der Waals surface area (Å²) >= 11 is 0. The van der Waals surface area contributed by atoms with E-state index in [0.29, 0.717) is 32.0 Å². The topological polar surface area (TPSA) is 38.7 Å². The number of allylic oxidation sites excluding steroid dienone is 3. The van der Waals surface area contributed by atoms with E-state index in [4.69, 9.17) is 9.47 Å². The lowest BCUT2D eigenvalue weighted by molar-refractivity contribution is -0.164. The second kappa shape index (κ2) is 6.69. The number of hydrogen-bond acceptors (Lipinski definition) is 3. The van der Waals surface area contributed by atoms with Gasteiger partial charge in [0, 0.05) is 24.7 Å². The van der Waals surface area contributed by atoms with E-state index in [2.05, 4.69) is 6.08 Å². The van der Waals surface area contributed by atoms with E-state index in [-0.39, 0.29) is 5.92 Å². The molecule has 6 heteroatoms. The number of hydrogen-bond donors (Lipinski definition) is 1. The van der Waals surface area contributed by atoms with Crippen molar-refractivity contribution < 1.29 is 27.8 Å². The molecule has 1 saturated heterocycles. The van der Waals surface area contributed by atoms with E-state index in [9.17, 15) is 18.3 Å². The Kier molecular flexibility index (Phi) is 4.58. The van der Waals surface area contributed by atoms with Gasteiger partial charge in [-0.15, -0.1) is 0 Å². The Labute approximate surface area is 169 Å². The first kappa shape index (κ1) is 19.8. The molecule has 3 nitrogen and oxygen atoms in total. The molecule has 0 amide bonds. The van der Waals surface area contributed by atoms with Gasteiger partial charge in [0.2, 0.25) is 0 Å². The maximum absolute atomic E-state index is 13.8. The van der Waals surface area contributed by atoms with Crippen molar-refractivity contribution in [2.24, 2.45) is 17.3 Å². The van der Waals surface area contributed by atoms with Crippen molar-refractivity contribution in [2.75, 3.05) is 13.2 Å². The summed E-state index contributed by atoms with van der Waals surface area (Å²) < 4.78 is 51.1. The van der Waals surface area contributed by atoms with E-state index in [1.165, 1.54) is 16.7 Å². The van der Waals surface area contributed by atoms with Gasteiger partial charge in [-0.2, -0.15) is 8.78 Å². The third-order valence-electron chi connectivity index (χ3n) is 8.62. The van der Waals surface area contributed by atoms with Gasteiger partial charge in [-0.1, -0.05) is 18.6 Å². The van der Waals surface area contributed by atoms with Crippen molar-refractivity contribution >= 4 is 0 Å². The second-order valence-electron chi connectivity index (χ2n) is 9.81. The number of fused-ring (bicyclic) bond motifs is 4. The first-order chi connectivity index (χ1) is 13.8. The zero-order chi connectivity index (χ0) is 20.4. The van der Waals surface area contributed by atoms with Crippen molar-refractivity contribution in [1.82, 2.24) is 0 Å². The summed E-state index contributed by atoms with van der Waals surface area (Å²) in [6.45, 7) is 3.30. The highest BCUT2D eigenvalue weighted by Gasteiger charge is 2.60. The summed E-state index contributed by atoms with van der Waals surface area (Å²) in [7, 11) is 0. The third kappa shape index (κ3) is 2.89.